The lowest BCUT2D eigenvalue weighted by atomic mass is 10.0. The second-order valence-corrected chi connectivity index (χ2v) is 5.01. The van der Waals surface area contributed by atoms with E-state index in [0.29, 0.717) is 11.3 Å². The summed E-state index contributed by atoms with van der Waals surface area (Å²) in [5, 5.41) is 11.1. The molecule has 0 unspecified atom stereocenters. The quantitative estimate of drug-likeness (QED) is 0.758. The number of aliphatic carboxylic acids is 1. The van der Waals surface area contributed by atoms with Gasteiger partial charge in [-0.25, -0.2) is 9.59 Å². The maximum absolute atomic E-state index is 12.4. The molecule has 20 heavy (non-hydrogen) atoms. The number of halogens is 3. The van der Waals surface area contributed by atoms with Crippen molar-refractivity contribution in [2.24, 2.45) is 5.92 Å². The first-order valence-electron chi connectivity index (χ1n) is 6.41. The summed E-state index contributed by atoms with van der Waals surface area (Å²) < 4.78 is 37.1. The number of rotatable bonds is 7. The minimum absolute atomic E-state index is 0.00126. The predicted molar refractivity (Wildman–Crippen MR) is 67.3 cm³/mol. The first kappa shape index (κ1) is 18.5. The third-order valence-corrected chi connectivity index (χ3v) is 2.45. The van der Waals surface area contributed by atoms with Crippen LogP contribution in [0.2, 0.25) is 0 Å². The molecule has 0 radical (unpaired) electrons. The zero-order valence-electron chi connectivity index (χ0n) is 11.8. The minimum atomic E-state index is -4.51. The van der Waals surface area contributed by atoms with Crippen LogP contribution in [0.3, 0.4) is 0 Å². The van der Waals surface area contributed by atoms with Crippen LogP contribution in [0, 0.1) is 5.92 Å². The Labute approximate surface area is 116 Å². The number of carboxylic acids is 1. The molecule has 0 aromatic rings. The Morgan fingerprint density at radius 3 is 2.20 bits per heavy atom. The van der Waals surface area contributed by atoms with E-state index in [0.717, 1.165) is 0 Å². The Balaban J connectivity index is 4.75. The summed E-state index contributed by atoms with van der Waals surface area (Å²) in [6, 6.07) is -2.19. The third kappa shape index (κ3) is 7.85. The van der Waals surface area contributed by atoms with Gasteiger partial charge in [0.1, 0.15) is 12.6 Å². The summed E-state index contributed by atoms with van der Waals surface area (Å²) in [5.41, 5.74) is 0. The molecule has 0 fully saturated rings. The summed E-state index contributed by atoms with van der Waals surface area (Å²) in [5.74, 6) is -1.26. The van der Waals surface area contributed by atoms with E-state index in [9.17, 15) is 22.8 Å². The SMILES string of the molecule is CCCN(CC(F)(F)F)C(=O)N[C@H](CC(C)C)C(=O)O. The molecule has 0 aliphatic rings. The average molecular weight is 298 g/mol. The van der Waals surface area contributed by atoms with Gasteiger partial charge >= 0.3 is 18.2 Å². The lowest BCUT2D eigenvalue weighted by Crippen LogP contribution is -2.50. The van der Waals surface area contributed by atoms with Crippen LogP contribution in [0.15, 0.2) is 0 Å². The van der Waals surface area contributed by atoms with Crippen LogP contribution in [-0.2, 0) is 4.79 Å². The van der Waals surface area contributed by atoms with Crippen LogP contribution in [0.4, 0.5) is 18.0 Å². The van der Waals surface area contributed by atoms with Crippen LogP contribution in [0.1, 0.15) is 33.6 Å². The zero-order chi connectivity index (χ0) is 15.9. The fourth-order valence-corrected chi connectivity index (χ4v) is 1.67. The lowest BCUT2D eigenvalue weighted by Gasteiger charge is -2.26. The molecule has 0 saturated heterocycles. The van der Waals surface area contributed by atoms with E-state index in [1.54, 1.807) is 20.8 Å². The third-order valence-electron chi connectivity index (χ3n) is 2.45. The molecule has 118 valence electrons. The topological polar surface area (TPSA) is 69.6 Å². The predicted octanol–water partition coefficient (Wildman–Crippen LogP) is 2.47. The van der Waals surface area contributed by atoms with Gasteiger partial charge in [0.2, 0.25) is 0 Å². The van der Waals surface area contributed by atoms with Crippen molar-refractivity contribution in [2.75, 3.05) is 13.1 Å². The molecule has 1 atom stereocenters. The maximum atomic E-state index is 12.4. The molecule has 0 saturated carbocycles. The molecule has 0 rings (SSSR count). The number of nitrogens with zero attached hydrogens (tertiary/aromatic N) is 1. The smallest absolute Gasteiger partial charge is 0.406 e. The van der Waals surface area contributed by atoms with E-state index in [2.05, 4.69) is 5.32 Å². The summed E-state index contributed by atoms with van der Waals surface area (Å²) >= 11 is 0. The molecule has 0 aliphatic heterocycles. The van der Waals surface area contributed by atoms with Crippen molar-refractivity contribution < 1.29 is 27.9 Å². The van der Waals surface area contributed by atoms with Gasteiger partial charge in [-0.3, -0.25) is 0 Å². The summed E-state index contributed by atoms with van der Waals surface area (Å²) in [7, 11) is 0. The van der Waals surface area contributed by atoms with Gasteiger partial charge in [-0.1, -0.05) is 20.8 Å². The molecule has 8 heteroatoms. The van der Waals surface area contributed by atoms with Crippen molar-refractivity contribution >= 4 is 12.0 Å². The Kier molecular flexibility index (Phi) is 7.38. The van der Waals surface area contributed by atoms with Gasteiger partial charge in [0, 0.05) is 6.54 Å². The van der Waals surface area contributed by atoms with E-state index in [1.165, 1.54) is 0 Å². The van der Waals surface area contributed by atoms with Crippen molar-refractivity contribution in [3.63, 3.8) is 0 Å². The number of urea groups is 1. The molecule has 5 nitrogen and oxygen atoms in total. The number of carbonyl (C=O) groups is 2. The Hall–Kier alpha value is -1.47. The number of alkyl halides is 3. The maximum Gasteiger partial charge on any atom is 0.406 e. The second-order valence-electron chi connectivity index (χ2n) is 5.01. The number of hydrogen-bond donors (Lipinski definition) is 2. The van der Waals surface area contributed by atoms with Crippen LogP contribution in [-0.4, -0.2) is 47.3 Å². The van der Waals surface area contributed by atoms with Gasteiger partial charge in [0.25, 0.3) is 0 Å². The highest BCUT2D eigenvalue weighted by Gasteiger charge is 2.34. The molecule has 2 N–H and O–H groups in total. The second kappa shape index (κ2) is 7.96. The Morgan fingerprint density at radius 1 is 1.30 bits per heavy atom. The standard InChI is InChI=1S/C12H21F3N2O3/c1-4-5-17(7-12(13,14)15)11(20)16-9(10(18)19)6-8(2)3/h8-9H,4-7H2,1-3H3,(H,16,20)(H,18,19)/t9-/m1/s1. The lowest BCUT2D eigenvalue weighted by molar-refractivity contribution is -0.141. The highest BCUT2D eigenvalue weighted by atomic mass is 19.4. The van der Waals surface area contributed by atoms with Crippen LogP contribution in [0.5, 0.6) is 0 Å². The van der Waals surface area contributed by atoms with Gasteiger partial charge in [-0.2, -0.15) is 13.2 Å². The van der Waals surface area contributed by atoms with Crippen molar-refractivity contribution in [3.8, 4) is 0 Å². The van der Waals surface area contributed by atoms with Gasteiger partial charge in [0.15, 0.2) is 0 Å². The number of hydrogen-bond acceptors (Lipinski definition) is 2. The van der Waals surface area contributed by atoms with Crippen molar-refractivity contribution in [2.45, 2.75) is 45.8 Å². The summed E-state index contributed by atoms with van der Waals surface area (Å²) in [4.78, 5) is 23.3. The molecule has 0 bridgehead atoms. The van der Waals surface area contributed by atoms with Crippen LogP contribution < -0.4 is 5.32 Å². The highest BCUT2D eigenvalue weighted by molar-refractivity contribution is 5.82. The largest absolute Gasteiger partial charge is 0.480 e. The van der Waals surface area contributed by atoms with E-state index < -0.39 is 30.8 Å². The molecule has 0 aromatic carbocycles. The zero-order valence-corrected chi connectivity index (χ0v) is 11.8. The van der Waals surface area contributed by atoms with E-state index >= 15 is 0 Å². The molecule has 0 aliphatic carbocycles. The number of nitrogens with one attached hydrogen (secondary N) is 1. The Bertz CT molecular complexity index is 332. The van der Waals surface area contributed by atoms with Crippen molar-refractivity contribution in [1.82, 2.24) is 10.2 Å². The van der Waals surface area contributed by atoms with Crippen LogP contribution in [0.25, 0.3) is 0 Å². The van der Waals surface area contributed by atoms with E-state index in [4.69, 9.17) is 5.11 Å². The Morgan fingerprint density at radius 2 is 1.85 bits per heavy atom. The van der Waals surface area contributed by atoms with E-state index in [-0.39, 0.29) is 18.9 Å². The van der Waals surface area contributed by atoms with Crippen molar-refractivity contribution in [1.29, 1.82) is 0 Å². The summed E-state index contributed by atoms with van der Waals surface area (Å²) in [6.07, 6.45) is -4.00. The molecular weight excluding hydrogens is 277 g/mol. The highest BCUT2D eigenvalue weighted by Crippen LogP contribution is 2.17. The van der Waals surface area contributed by atoms with Gasteiger partial charge in [-0.05, 0) is 18.8 Å². The normalized spacial score (nSPS) is 13.2. The first-order valence-corrected chi connectivity index (χ1v) is 6.41. The van der Waals surface area contributed by atoms with Crippen molar-refractivity contribution in [3.05, 3.63) is 0 Å². The molecule has 0 aromatic heterocycles. The fourth-order valence-electron chi connectivity index (χ4n) is 1.67. The van der Waals surface area contributed by atoms with Gasteiger partial charge in [-0.15, -0.1) is 0 Å². The molecule has 0 spiro atoms. The van der Waals surface area contributed by atoms with Crippen LogP contribution >= 0.6 is 0 Å². The molecule has 0 heterocycles. The monoisotopic (exact) mass is 298 g/mol. The minimum Gasteiger partial charge on any atom is -0.480 e. The number of carboxylic acid groups (broad SMARTS) is 1. The van der Waals surface area contributed by atoms with E-state index in [1.807, 2.05) is 0 Å². The van der Waals surface area contributed by atoms with Gasteiger partial charge in [0.05, 0.1) is 0 Å². The average Bonchev–Trinajstić information content (AvgIpc) is 2.24. The van der Waals surface area contributed by atoms with Gasteiger partial charge < -0.3 is 15.3 Å². The first-order chi connectivity index (χ1) is 9.06. The molecular formula is C12H21F3N2O3. The number of amides is 2. The summed E-state index contributed by atoms with van der Waals surface area (Å²) in [6.45, 7) is 3.70. The number of carbonyl (C=O) groups excluding carboxylic acids is 1. The molecule has 2 amide bonds. The fraction of sp³-hybridized carbons (Fsp3) is 0.833.